The second kappa shape index (κ2) is 8.68. The molecule has 0 fully saturated rings. The van der Waals surface area contributed by atoms with Gasteiger partial charge in [-0.2, -0.15) is 0 Å². The molecule has 0 saturated heterocycles. The highest BCUT2D eigenvalue weighted by atomic mass is 19.3. The van der Waals surface area contributed by atoms with Crippen molar-refractivity contribution in [2.24, 2.45) is 10.7 Å². The molecule has 2 N–H and O–H groups in total. The Bertz CT molecular complexity index is 938. The number of hydrogen-bond donors (Lipinski definition) is 1. The number of alkyl halides is 2. The monoisotopic (exact) mass is 411 g/mol. The van der Waals surface area contributed by atoms with E-state index in [0.29, 0.717) is 0 Å². The van der Waals surface area contributed by atoms with Gasteiger partial charge < -0.3 is 5.73 Å². The molecule has 3 rings (SSSR count). The van der Waals surface area contributed by atoms with E-state index in [1.54, 1.807) is 19.2 Å². The Hall–Kier alpha value is -2.53. The van der Waals surface area contributed by atoms with Crippen LogP contribution in [0.5, 0.6) is 0 Å². The van der Waals surface area contributed by atoms with E-state index in [2.05, 4.69) is 41.9 Å². The number of benzene rings is 2. The van der Waals surface area contributed by atoms with Gasteiger partial charge in [-0.25, -0.2) is 8.78 Å². The highest BCUT2D eigenvalue weighted by Gasteiger charge is 2.29. The van der Waals surface area contributed by atoms with Gasteiger partial charge in [-0.15, -0.1) is 0 Å². The minimum atomic E-state index is -2.83. The smallest absolute Gasteiger partial charge is 0.270 e. The first-order chi connectivity index (χ1) is 14.1. The van der Waals surface area contributed by atoms with Gasteiger partial charge in [0, 0.05) is 38.3 Å². The Labute approximate surface area is 178 Å². The first kappa shape index (κ1) is 22.2. The lowest BCUT2D eigenvalue weighted by molar-refractivity contribution is 0.0175. The van der Waals surface area contributed by atoms with E-state index >= 15 is 0 Å². The normalized spacial score (nSPS) is 17.7. The van der Waals surface area contributed by atoms with Crippen LogP contribution in [0.1, 0.15) is 43.9 Å². The van der Waals surface area contributed by atoms with Crippen molar-refractivity contribution in [3.8, 4) is 11.1 Å². The summed E-state index contributed by atoms with van der Waals surface area (Å²) in [6, 6.07) is 13.1. The lowest BCUT2D eigenvalue weighted by Crippen LogP contribution is -2.30. The number of nitrogens with two attached hydrogens (primary N) is 1. The molecule has 0 spiro atoms. The Morgan fingerprint density at radius 3 is 2.43 bits per heavy atom. The van der Waals surface area contributed by atoms with Crippen LogP contribution in [0.2, 0.25) is 0 Å². The van der Waals surface area contributed by atoms with Crippen LogP contribution < -0.4 is 5.73 Å². The van der Waals surface area contributed by atoms with Gasteiger partial charge in [0.15, 0.2) is 0 Å². The summed E-state index contributed by atoms with van der Waals surface area (Å²) in [5.74, 6) is -2.83. The van der Waals surface area contributed by atoms with Gasteiger partial charge in [-0.1, -0.05) is 50.2 Å². The van der Waals surface area contributed by atoms with Crippen LogP contribution in [-0.4, -0.2) is 30.7 Å². The van der Waals surface area contributed by atoms with Crippen LogP contribution in [0, 0.1) is 0 Å². The average molecular weight is 412 g/mol. The lowest BCUT2D eigenvalue weighted by atomic mass is 9.79. The Kier molecular flexibility index (Phi) is 6.41. The van der Waals surface area contributed by atoms with Crippen molar-refractivity contribution < 1.29 is 8.78 Å². The third-order valence-corrected chi connectivity index (χ3v) is 5.97. The molecule has 0 atom stereocenters. The number of rotatable bonds is 5. The number of halogens is 2. The van der Waals surface area contributed by atoms with Crippen molar-refractivity contribution in [1.82, 2.24) is 4.90 Å². The van der Waals surface area contributed by atoms with Gasteiger partial charge in [0.25, 0.3) is 5.92 Å². The van der Waals surface area contributed by atoms with E-state index in [1.807, 2.05) is 6.08 Å². The third-order valence-electron chi connectivity index (χ3n) is 5.97. The van der Waals surface area contributed by atoms with Gasteiger partial charge in [-0.3, -0.25) is 9.89 Å². The van der Waals surface area contributed by atoms with E-state index in [9.17, 15) is 8.78 Å². The zero-order valence-corrected chi connectivity index (χ0v) is 18.3. The molecule has 3 nitrogen and oxygen atoms in total. The molecule has 0 aromatic heterocycles. The maximum atomic E-state index is 13.5. The Balaban J connectivity index is 1.93. The van der Waals surface area contributed by atoms with E-state index in [0.717, 1.165) is 49.8 Å². The highest BCUT2D eigenvalue weighted by molar-refractivity contribution is 5.96. The summed E-state index contributed by atoms with van der Waals surface area (Å²) in [5, 5.41) is 0. The second-order valence-electron chi connectivity index (χ2n) is 8.76. The minimum Gasteiger partial charge on any atom is -0.405 e. The van der Waals surface area contributed by atoms with Gasteiger partial charge in [-0.05, 0) is 59.0 Å². The summed E-state index contributed by atoms with van der Waals surface area (Å²) in [7, 11) is 1.78. The summed E-state index contributed by atoms with van der Waals surface area (Å²) in [6.07, 6.45) is 4.42. The van der Waals surface area contributed by atoms with Crippen molar-refractivity contribution in [3.63, 3.8) is 0 Å². The van der Waals surface area contributed by atoms with Crippen molar-refractivity contribution in [3.05, 3.63) is 71.4 Å². The molecular formula is C25H31F2N3. The van der Waals surface area contributed by atoms with Crippen molar-refractivity contribution >= 4 is 5.71 Å². The molecule has 1 aliphatic rings. The average Bonchev–Trinajstić information content (AvgIpc) is 2.82. The third kappa shape index (κ3) is 4.96. The molecule has 30 heavy (non-hydrogen) atoms. The minimum absolute atomic E-state index is 0.0349. The van der Waals surface area contributed by atoms with E-state index in [-0.39, 0.29) is 11.0 Å². The fourth-order valence-electron chi connectivity index (χ4n) is 4.09. The number of aliphatic imine (C=N–C) groups is 1. The van der Waals surface area contributed by atoms with Crippen LogP contribution in [-0.2, 0) is 17.9 Å². The summed E-state index contributed by atoms with van der Waals surface area (Å²) in [5.41, 5.74) is 11.2. The Morgan fingerprint density at radius 1 is 1.17 bits per heavy atom. The number of nitrogens with zero attached hydrogens (tertiary/aromatic N) is 2. The maximum Gasteiger partial charge on any atom is 0.270 e. The van der Waals surface area contributed by atoms with Crippen molar-refractivity contribution in [2.75, 3.05) is 20.1 Å². The molecule has 160 valence electrons. The van der Waals surface area contributed by atoms with Gasteiger partial charge in [0.1, 0.15) is 0 Å². The summed E-state index contributed by atoms with van der Waals surface area (Å²) in [4.78, 5) is 6.72. The molecule has 0 bridgehead atoms. The fraction of sp³-hybridized carbons (Fsp3) is 0.400. The number of hydrogen-bond acceptors (Lipinski definition) is 3. The lowest BCUT2D eigenvalue weighted by Gasteiger charge is -2.25. The standard InChI is InChI=1S/C25H31F2N3/c1-24(2)12-14-30(17-22(29-4)11-13-28)16-20-15-19(7-10-23(20)24)18-5-8-21(9-6-18)25(3,26)27/h5-11,13,15H,12,14,16-17,28H2,1-4H3. The van der Waals surface area contributed by atoms with E-state index in [1.165, 1.54) is 29.5 Å². The predicted molar refractivity (Wildman–Crippen MR) is 121 cm³/mol. The van der Waals surface area contributed by atoms with Gasteiger partial charge in [0.2, 0.25) is 0 Å². The van der Waals surface area contributed by atoms with E-state index in [4.69, 9.17) is 5.73 Å². The largest absolute Gasteiger partial charge is 0.405 e. The van der Waals surface area contributed by atoms with Crippen molar-refractivity contribution in [2.45, 2.75) is 45.1 Å². The first-order valence-corrected chi connectivity index (χ1v) is 10.3. The molecule has 0 amide bonds. The summed E-state index contributed by atoms with van der Waals surface area (Å²) >= 11 is 0. The quantitative estimate of drug-likeness (QED) is 0.661. The molecule has 0 radical (unpaired) electrons. The fourth-order valence-corrected chi connectivity index (χ4v) is 4.09. The topological polar surface area (TPSA) is 41.6 Å². The van der Waals surface area contributed by atoms with Crippen LogP contribution in [0.4, 0.5) is 8.78 Å². The van der Waals surface area contributed by atoms with Gasteiger partial charge >= 0.3 is 0 Å². The van der Waals surface area contributed by atoms with E-state index < -0.39 is 5.92 Å². The second-order valence-corrected chi connectivity index (χ2v) is 8.76. The first-order valence-electron chi connectivity index (χ1n) is 10.3. The highest BCUT2D eigenvalue weighted by Crippen LogP contribution is 2.36. The van der Waals surface area contributed by atoms with Crippen LogP contribution >= 0.6 is 0 Å². The van der Waals surface area contributed by atoms with Gasteiger partial charge in [0.05, 0.1) is 0 Å². The summed E-state index contributed by atoms with van der Waals surface area (Å²) < 4.78 is 27.1. The molecule has 1 aliphatic heterocycles. The number of fused-ring (bicyclic) bond motifs is 1. The van der Waals surface area contributed by atoms with Crippen LogP contribution in [0.15, 0.2) is 59.7 Å². The molecule has 0 unspecified atom stereocenters. The molecule has 2 aromatic rings. The Morgan fingerprint density at radius 2 is 1.83 bits per heavy atom. The van der Waals surface area contributed by atoms with Crippen LogP contribution in [0.25, 0.3) is 11.1 Å². The maximum absolute atomic E-state index is 13.5. The van der Waals surface area contributed by atoms with Crippen molar-refractivity contribution in [1.29, 1.82) is 0 Å². The molecule has 0 saturated carbocycles. The molecular weight excluding hydrogens is 380 g/mol. The molecule has 2 aromatic carbocycles. The zero-order chi connectivity index (χ0) is 21.9. The predicted octanol–water partition coefficient (Wildman–Crippen LogP) is 5.49. The molecule has 0 aliphatic carbocycles. The SMILES string of the molecule is CN=C(C=CN)CN1CCC(C)(C)c2ccc(-c3ccc(C(C)(F)F)cc3)cc2C1. The zero-order valence-electron chi connectivity index (χ0n) is 18.3. The molecule has 5 heteroatoms. The summed E-state index contributed by atoms with van der Waals surface area (Å²) in [6.45, 7) is 8.01. The van der Waals surface area contributed by atoms with Crippen LogP contribution in [0.3, 0.4) is 0 Å². The molecule has 1 heterocycles.